The van der Waals surface area contributed by atoms with Crippen LogP contribution in [-0.4, -0.2) is 0 Å². The highest BCUT2D eigenvalue weighted by Crippen LogP contribution is 2.04. The van der Waals surface area contributed by atoms with Gasteiger partial charge in [-0.25, -0.2) is 0 Å². The standard InChI is InChI=1S/C14H24/c1-4-6-7-8-9-10-11-13-14(3)12-5-2/h5,8-12,14H,4,6-7,13H2,1-3H3. The molecule has 0 nitrogen and oxygen atoms in total. The zero-order valence-corrected chi connectivity index (χ0v) is 9.87. The minimum Gasteiger partial charge on any atom is -0.0914 e. The van der Waals surface area contributed by atoms with Crippen LogP contribution in [0.1, 0.15) is 46.5 Å². The molecule has 0 radical (unpaired) electrons. The zero-order valence-electron chi connectivity index (χ0n) is 9.87. The van der Waals surface area contributed by atoms with E-state index in [0.717, 1.165) is 6.42 Å². The maximum Gasteiger partial charge on any atom is -0.0227 e. The van der Waals surface area contributed by atoms with Crippen LogP contribution in [0.25, 0.3) is 0 Å². The van der Waals surface area contributed by atoms with E-state index in [-0.39, 0.29) is 0 Å². The molecule has 0 bridgehead atoms. The third kappa shape index (κ3) is 9.31. The van der Waals surface area contributed by atoms with E-state index in [1.807, 2.05) is 0 Å². The molecule has 0 amide bonds. The molecule has 1 unspecified atom stereocenters. The number of allylic oxidation sites excluding steroid dienone is 6. The molecule has 1 atom stereocenters. The summed E-state index contributed by atoms with van der Waals surface area (Å²) in [6.45, 7) is 6.54. The summed E-state index contributed by atoms with van der Waals surface area (Å²) >= 11 is 0. The maximum atomic E-state index is 2.25. The summed E-state index contributed by atoms with van der Waals surface area (Å²) in [5.74, 6) is 0.667. The fourth-order valence-electron chi connectivity index (χ4n) is 1.28. The minimum absolute atomic E-state index is 0.667. The van der Waals surface area contributed by atoms with Crippen LogP contribution in [0.4, 0.5) is 0 Å². The van der Waals surface area contributed by atoms with Gasteiger partial charge in [0.25, 0.3) is 0 Å². The first-order valence-corrected chi connectivity index (χ1v) is 5.75. The van der Waals surface area contributed by atoms with E-state index in [1.165, 1.54) is 19.3 Å². The van der Waals surface area contributed by atoms with Crippen molar-refractivity contribution in [3.05, 3.63) is 36.5 Å². The quantitative estimate of drug-likeness (QED) is 0.306. The van der Waals surface area contributed by atoms with Gasteiger partial charge in [-0.3, -0.25) is 0 Å². The third-order valence-corrected chi connectivity index (χ3v) is 2.14. The lowest BCUT2D eigenvalue weighted by Gasteiger charge is -1.98. The van der Waals surface area contributed by atoms with Crippen molar-refractivity contribution in [1.29, 1.82) is 0 Å². The Hall–Kier alpha value is -0.780. The highest BCUT2D eigenvalue weighted by atomic mass is 13.9. The van der Waals surface area contributed by atoms with Crippen molar-refractivity contribution < 1.29 is 0 Å². The number of hydrogen-bond donors (Lipinski definition) is 0. The van der Waals surface area contributed by atoms with Crippen molar-refractivity contribution in [2.75, 3.05) is 0 Å². The first-order valence-electron chi connectivity index (χ1n) is 5.75. The van der Waals surface area contributed by atoms with Gasteiger partial charge in [0, 0.05) is 0 Å². The van der Waals surface area contributed by atoms with Crippen LogP contribution in [0.5, 0.6) is 0 Å². The first-order chi connectivity index (χ1) is 6.81. The number of rotatable bonds is 7. The van der Waals surface area contributed by atoms with Gasteiger partial charge in [-0.15, -0.1) is 0 Å². The molecular weight excluding hydrogens is 168 g/mol. The highest BCUT2D eigenvalue weighted by Gasteiger charge is 1.89. The first kappa shape index (κ1) is 13.2. The van der Waals surface area contributed by atoms with E-state index in [4.69, 9.17) is 0 Å². The third-order valence-electron chi connectivity index (χ3n) is 2.14. The second-order valence-corrected chi connectivity index (χ2v) is 3.74. The van der Waals surface area contributed by atoms with Crippen LogP contribution in [0.2, 0.25) is 0 Å². The Bertz CT molecular complexity index is 184. The molecule has 14 heavy (non-hydrogen) atoms. The summed E-state index contributed by atoms with van der Waals surface area (Å²) in [6, 6.07) is 0. The van der Waals surface area contributed by atoms with Gasteiger partial charge in [-0.05, 0) is 25.7 Å². The Balaban J connectivity index is 3.48. The second-order valence-electron chi connectivity index (χ2n) is 3.74. The van der Waals surface area contributed by atoms with E-state index >= 15 is 0 Å². The average Bonchev–Trinajstić information content (AvgIpc) is 2.17. The Morgan fingerprint density at radius 3 is 2.50 bits per heavy atom. The molecule has 0 aromatic rings. The van der Waals surface area contributed by atoms with E-state index in [9.17, 15) is 0 Å². The predicted molar refractivity (Wildman–Crippen MR) is 66.4 cm³/mol. The molecule has 0 saturated heterocycles. The Morgan fingerprint density at radius 1 is 1.14 bits per heavy atom. The van der Waals surface area contributed by atoms with Gasteiger partial charge < -0.3 is 0 Å². The van der Waals surface area contributed by atoms with E-state index < -0.39 is 0 Å². The Labute approximate surface area is 89.4 Å². The lowest BCUT2D eigenvalue weighted by Crippen LogP contribution is -1.84. The molecule has 0 aliphatic carbocycles. The minimum atomic E-state index is 0.667. The van der Waals surface area contributed by atoms with E-state index in [2.05, 4.69) is 57.2 Å². The van der Waals surface area contributed by atoms with Gasteiger partial charge in [0.1, 0.15) is 0 Å². The van der Waals surface area contributed by atoms with Crippen molar-refractivity contribution in [2.24, 2.45) is 5.92 Å². The summed E-state index contributed by atoms with van der Waals surface area (Å²) in [5.41, 5.74) is 0. The molecule has 0 fully saturated rings. The van der Waals surface area contributed by atoms with Crippen molar-refractivity contribution in [3.8, 4) is 0 Å². The van der Waals surface area contributed by atoms with Crippen LogP contribution in [-0.2, 0) is 0 Å². The maximum absolute atomic E-state index is 2.25. The Morgan fingerprint density at radius 2 is 1.86 bits per heavy atom. The summed E-state index contributed by atoms with van der Waals surface area (Å²) in [5, 5.41) is 0. The average molecular weight is 192 g/mol. The molecular formula is C14H24. The lowest BCUT2D eigenvalue weighted by atomic mass is 10.1. The second kappa shape index (κ2) is 10.3. The van der Waals surface area contributed by atoms with Crippen LogP contribution in [0, 0.1) is 5.92 Å². The highest BCUT2D eigenvalue weighted by molar-refractivity contribution is 5.03. The van der Waals surface area contributed by atoms with Gasteiger partial charge in [0.05, 0.1) is 0 Å². The van der Waals surface area contributed by atoms with Gasteiger partial charge in [-0.1, -0.05) is 63.1 Å². The lowest BCUT2D eigenvalue weighted by molar-refractivity contribution is 0.743. The topological polar surface area (TPSA) is 0 Å². The molecule has 0 aliphatic rings. The summed E-state index contributed by atoms with van der Waals surface area (Å²) < 4.78 is 0. The molecule has 0 aliphatic heterocycles. The molecule has 0 aromatic heterocycles. The fraction of sp³-hybridized carbons (Fsp3) is 0.571. The van der Waals surface area contributed by atoms with Crippen molar-refractivity contribution >= 4 is 0 Å². The van der Waals surface area contributed by atoms with Crippen molar-refractivity contribution in [2.45, 2.75) is 46.5 Å². The predicted octanol–water partition coefficient (Wildman–Crippen LogP) is 4.89. The normalized spacial score (nSPS) is 14.8. The summed E-state index contributed by atoms with van der Waals surface area (Å²) in [4.78, 5) is 0. The van der Waals surface area contributed by atoms with E-state index in [0.29, 0.717) is 5.92 Å². The summed E-state index contributed by atoms with van der Waals surface area (Å²) in [7, 11) is 0. The van der Waals surface area contributed by atoms with Gasteiger partial charge in [0.15, 0.2) is 0 Å². The molecule has 0 rings (SSSR count). The van der Waals surface area contributed by atoms with Gasteiger partial charge in [-0.2, -0.15) is 0 Å². The van der Waals surface area contributed by atoms with Crippen LogP contribution >= 0.6 is 0 Å². The Kier molecular flexibility index (Phi) is 9.73. The molecule has 0 saturated carbocycles. The van der Waals surface area contributed by atoms with Gasteiger partial charge in [0.2, 0.25) is 0 Å². The SMILES string of the molecule is CC=CC(C)CC=CC=CCCCC. The molecule has 0 heteroatoms. The fourth-order valence-corrected chi connectivity index (χ4v) is 1.28. The molecule has 0 heterocycles. The van der Waals surface area contributed by atoms with Gasteiger partial charge >= 0.3 is 0 Å². The molecule has 80 valence electrons. The monoisotopic (exact) mass is 192 g/mol. The van der Waals surface area contributed by atoms with Crippen molar-refractivity contribution in [1.82, 2.24) is 0 Å². The number of unbranched alkanes of at least 4 members (excludes halogenated alkanes) is 2. The molecule has 0 spiro atoms. The molecule has 0 N–H and O–H groups in total. The van der Waals surface area contributed by atoms with Crippen LogP contribution in [0.3, 0.4) is 0 Å². The van der Waals surface area contributed by atoms with Crippen LogP contribution < -0.4 is 0 Å². The van der Waals surface area contributed by atoms with Crippen LogP contribution in [0.15, 0.2) is 36.5 Å². The summed E-state index contributed by atoms with van der Waals surface area (Å²) in [6.07, 6.45) is 18.1. The van der Waals surface area contributed by atoms with E-state index in [1.54, 1.807) is 0 Å². The number of hydrogen-bond acceptors (Lipinski definition) is 0. The zero-order chi connectivity index (χ0) is 10.6. The molecule has 0 aromatic carbocycles. The smallest absolute Gasteiger partial charge is 0.0227 e. The van der Waals surface area contributed by atoms with Crippen molar-refractivity contribution in [3.63, 3.8) is 0 Å². The largest absolute Gasteiger partial charge is 0.0914 e.